The van der Waals surface area contributed by atoms with Gasteiger partial charge >= 0.3 is 0 Å². The van der Waals surface area contributed by atoms with Crippen molar-refractivity contribution in [3.8, 4) is 0 Å². The smallest absolute Gasteiger partial charge is 0.255 e. The zero-order valence-electron chi connectivity index (χ0n) is 8.04. The maximum absolute atomic E-state index is 11.7. The van der Waals surface area contributed by atoms with Crippen LogP contribution in [0.1, 0.15) is 36.3 Å². The third-order valence-electron chi connectivity index (χ3n) is 3.07. The Morgan fingerprint density at radius 3 is 3.00 bits per heavy atom. The molecule has 0 amide bonds. The molecule has 3 rings (SSSR count). The fourth-order valence-corrected chi connectivity index (χ4v) is 3.00. The predicted octanol–water partition coefficient (Wildman–Crippen LogP) is 1.64. The molecule has 2 unspecified atom stereocenters. The number of thioether (sulfide) groups is 1. The zero-order valence-corrected chi connectivity index (χ0v) is 8.86. The summed E-state index contributed by atoms with van der Waals surface area (Å²) in [6, 6.07) is 0. The quantitative estimate of drug-likeness (QED) is 0.763. The number of aromatic amines is 1. The second kappa shape index (κ2) is 2.86. The van der Waals surface area contributed by atoms with Crippen LogP contribution in [0.5, 0.6) is 0 Å². The van der Waals surface area contributed by atoms with Crippen LogP contribution in [0.15, 0.2) is 4.79 Å². The standard InChI is InChI=1S/C10H12N2OS/c1-5-2-6(5)9-11-8-4-14-3-7(8)10(13)12-9/h5-6H,2-4H2,1H3,(H,11,12,13). The van der Waals surface area contributed by atoms with E-state index in [1.54, 1.807) is 11.8 Å². The van der Waals surface area contributed by atoms with Crippen LogP contribution in [-0.4, -0.2) is 9.97 Å². The van der Waals surface area contributed by atoms with Crippen LogP contribution in [0.25, 0.3) is 0 Å². The Balaban J connectivity index is 2.08. The van der Waals surface area contributed by atoms with E-state index in [2.05, 4.69) is 16.9 Å². The average Bonchev–Trinajstić information content (AvgIpc) is 2.71. The van der Waals surface area contributed by atoms with Crippen molar-refractivity contribution in [2.45, 2.75) is 30.8 Å². The van der Waals surface area contributed by atoms with Crippen LogP contribution in [0.2, 0.25) is 0 Å². The van der Waals surface area contributed by atoms with Gasteiger partial charge in [0.1, 0.15) is 5.82 Å². The lowest BCUT2D eigenvalue weighted by Crippen LogP contribution is -2.16. The minimum atomic E-state index is 0.0918. The third-order valence-corrected chi connectivity index (χ3v) is 4.04. The van der Waals surface area contributed by atoms with Crippen molar-refractivity contribution >= 4 is 11.8 Å². The second-order valence-corrected chi connectivity index (χ2v) is 5.17. The van der Waals surface area contributed by atoms with Crippen molar-refractivity contribution in [2.24, 2.45) is 5.92 Å². The molecule has 2 heterocycles. The molecule has 0 aromatic carbocycles. The molecule has 1 fully saturated rings. The van der Waals surface area contributed by atoms with Gasteiger partial charge in [0, 0.05) is 23.0 Å². The number of hydrogen-bond acceptors (Lipinski definition) is 3. The number of nitrogens with one attached hydrogen (secondary N) is 1. The maximum Gasteiger partial charge on any atom is 0.255 e. The molecule has 1 N–H and O–H groups in total. The summed E-state index contributed by atoms with van der Waals surface area (Å²) in [7, 11) is 0. The minimum Gasteiger partial charge on any atom is -0.310 e. The molecule has 0 bridgehead atoms. The molecule has 4 heteroatoms. The SMILES string of the molecule is CC1CC1c1nc2c(c(=O)[nH]1)CSC2. The summed E-state index contributed by atoms with van der Waals surface area (Å²) in [5.74, 6) is 3.87. The third kappa shape index (κ3) is 1.21. The number of H-pyrrole nitrogens is 1. The molecule has 1 aliphatic heterocycles. The molecular formula is C10H12N2OS. The first kappa shape index (κ1) is 8.53. The van der Waals surface area contributed by atoms with Crippen molar-refractivity contribution in [3.63, 3.8) is 0 Å². The Kier molecular flexibility index (Phi) is 1.74. The van der Waals surface area contributed by atoms with Crippen LogP contribution in [0, 0.1) is 5.92 Å². The Hall–Kier alpha value is -0.770. The lowest BCUT2D eigenvalue weighted by atomic mass is 10.2. The Labute approximate surface area is 86.3 Å². The van der Waals surface area contributed by atoms with Gasteiger partial charge in [0.05, 0.1) is 5.69 Å². The molecule has 0 spiro atoms. The van der Waals surface area contributed by atoms with Crippen molar-refractivity contribution in [1.82, 2.24) is 9.97 Å². The van der Waals surface area contributed by atoms with Crippen LogP contribution < -0.4 is 5.56 Å². The summed E-state index contributed by atoms with van der Waals surface area (Å²) in [6.07, 6.45) is 1.18. The van der Waals surface area contributed by atoms with Crippen molar-refractivity contribution < 1.29 is 0 Å². The molecule has 74 valence electrons. The van der Waals surface area contributed by atoms with Crippen molar-refractivity contribution in [3.05, 3.63) is 27.4 Å². The number of aromatic nitrogens is 2. The fourth-order valence-electron chi connectivity index (χ4n) is 1.96. The summed E-state index contributed by atoms with van der Waals surface area (Å²) in [5.41, 5.74) is 2.01. The van der Waals surface area contributed by atoms with Gasteiger partial charge in [-0.1, -0.05) is 6.92 Å². The lowest BCUT2D eigenvalue weighted by Gasteiger charge is -2.01. The maximum atomic E-state index is 11.7. The second-order valence-electron chi connectivity index (χ2n) is 4.19. The van der Waals surface area contributed by atoms with Gasteiger partial charge in [0.15, 0.2) is 0 Å². The predicted molar refractivity (Wildman–Crippen MR) is 56.4 cm³/mol. The zero-order chi connectivity index (χ0) is 9.71. The van der Waals surface area contributed by atoms with E-state index >= 15 is 0 Å². The Bertz CT molecular complexity index is 440. The number of hydrogen-bond donors (Lipinski definition) is 1. The van der Waals surface area contributed by atoms with Gasteiger partial charge in [-0.2, -0.15) is 11.8 Å². The van der Waals surface area contributed by atoms with Gasteiger partial charge in [0.25, 0.3) is 5.56 Å². The highest BCUT2D eigenvalue weighted by Crippen LogP contribution is 2.45. The molecule has 14 heavy (non-hydrogen) atoms. The van der Waals surface area contributed by atoms with Gasteiger partial charge in [-0.25, -0.2) is 4.98 Å². The highest BCUT2D eigenvalue weighted by Gasteiger charge is 2.37. The van der Waals surface area contributed by atoms with E-state index in [0.29, 0.717) is 11.8 Å². The number of nitrogens with zero attached hydrogens (tertiary/aromatic N) is 1. The largest absolute Gasteiger partial charge is 0.310 e. The summed E-state index contributed by atoms with van der Waals surface area (Å²) in [4.78, 5) is 19.1. The first-order chi connectivity index (χ1) is 6.75. The van der Waals surface area contributed by atoms with E-state index in [9.17, 15) is 4.79 Å². The van der Waals surface area contributed by atoms with Crippen LogP contribution in [-0.2, 0) is 11.5 Å². The normalized spacial score (nSPS) is 28.9. The fraction of sp³-hybridized carbons (Fsp3) is 0.600. The molecule has 1 aliphatic carbocycles. The van der Waals surface area contributed by atoms with Gasteiger partial charge in [-0.3, -0.25) is 4.79 Å². The Morgan fingerprint density at radius 1 is 1.50 bits per heavy atom. The van der Waals surface area contributed by atoms with E-state index in [0.717, 1.165) is 28.6 Å². The molecule has 1 aromatic heterocycles. The first-order valence-electron chi connectivity index (χ1n) is 4.95. The molecule has 1 saturated carbocycles. The summed E-state index contributed by atoms with van der Waals surface area (Å²) in [6.45, 7) is 2.20. The van der Waals surface area contributed by atoms with E-state index in [1.807, 2.05) is 0 Å². The monoisotopic (exact) mass is 208 g/mol. The van der Waals surface area contributed by atoms with E-state index in [-0.39, 0.29) is 5.56 Å². The lowest BCUT2D eigenvalue weighted by molar-refractivity contribution is 0.816. The van der Waals surface area contributed by atoms with Gasteiger partial charge < -0.3 is 4.98 Å². The summed E-state index contributed by atoms with van der Waals surface area (Å²) in [5, 5.41) is 0. The molecule has 0 saturated heterocycles. The minimum absolute atomic E-state index is 0.0918. The molecule has 0 radical (unpaired) electrons. The van der Waals surface area contributed by atoms with Crippen LogP contribution in [0.3, 0.4) is 0 Å². The number of fused-ring (bicyclic) bond motifs is 1. The van der Waals surface area contributed by atoms with E-state index in [4.69, 9.17) is 0 Å². The molecule has 2 aliphatic rings. The van der Waals surface area contributed by atoms with E-state index < -0.39 is 0 Å². The average molecular weight is 208 g/mol. The van der Waals surface area contributed by atoms with Gasteiger partial charge in [-0.05, 0) is 12.3 Å². The van der Waals surface area contributed by atoms with Crippen molar-refractivity contribution in [2.75, 3.05) is 0 Å². The molecule has 2 atom stereocenters. The number of rotatable bonds is 1. The van der Waals surface area contributed by atoms with Crippen LogP contribution in [0.4, 0.5) is 0 Å². The first-order valence-corrected chi connectivity index (χ1v) is 6.11. The van der Waals surface area contributed by atoms with Crippen molar-refractivity contribution in [1.29, 1.82) is 0 Å². The van der Waals surface area contributed by atoms with Gasteiger partial charge in [0.2, 0.25) is 0 Å². The molecule has 3 nitrogen and oxygen atoms in total. The highest BCUT2D eigenvalue weighted by atomic mass is 32.2. The highest BCUT2D eigenvalue weighted by molar-refractivity contribution is 7.98. The topological polar surface area (TPSA) is 45.8 Å². The van der Waals surface area contributed by atoms with E-state index in [1.165, 1.54) is 6.42 Å². The summed E-state index contributed by atoms with van der Waals surface area (Å²) < 4.78 is 0. The molecule has 1 aromatic rings. The molecular weight excluding hydrogens is 196 g/mol. The summed E-state index contributed by atoms with van der Waals surface area (Å²) >= 11 is 1.78. The van der Waals surface area contributed by atoms with Gasteiger partial charge in [-0.15, -0.1) is 0 Å². The Morgan fingerprint density at radius 2 is 2.29 bits per heavy atom. The van der Waals surface area contributed by atoms with Crippen LogP contribution >= 0.6 is 11.8 Å².